The Morgan fingerprint density at radius 2 is 0.833 bits per heavy atom. The molecule has 3 aromatic carbocycles. The van der Waals surface area contributed by atoms with Gasteiger partial charge in [-0.05, 0) is 36.4 Å². The lowest BCUT2D eigenvalue weighted by Crippen LogP contribution is -2.09. The SMILES string of the molecule is C1COCO1.c1ccc(N(c2ccccc2)c2ccccc2)cc1. The number of hydrogen-bond acceptors (Lipinski definition) is 3. The number of hydrogen-bond donors (Lipinski definition) is 0. The second-order valence-corrected chi connectivity index (χ2v) is 5.28. The zero-order valence-electron chi connectivity index (χ0n) is 13.5. The van der Waals surface area contributed by atoms with Gasteiger partial charge in [-0.1, -0.05) is 54.6 Å². The van der Waals surface area contributed by atoms with Gasteiger partial charge in [0.05, 0.1) is 13.2 Å². The average Bonchev–Trinajstić information content (AvgIpc) is 3.25. The van der Waals surface area contributed by atoms with Crippen LogP contribution in [-0.4, -0.2) is 20.0 Å². The molecule has 0 atom stereocenters. The molecule has 3 heteroatoms. The van der Waals surface area contributed by atoms with Crippen LogP contribution >= 0.6 is 0 Å². The summed E-state index contributed by atoms with van der Waals surface area (Å²) in [7, 11) is 0. The predicted octanol–water partition coefficient (Wildman–Crippen LogP) is 5.15. The molecule has 1 aliphatic rings. The third-order valence-corrected chi connectivity index (χ3v) is 3.58. The van der Waals surface area contributed by atoms with Gasteiger partial charge in [0.1, 0.15) is 6.79 Å². The van der Waals surface area contributed by atoms with Crippen LogP contribution in [0.5, 0.6) is 0 Å². The standard InChI is InChI=1S/C18H15N.C3H6O2/c1-4-10-16(11-5-1)19(17-12-6-2-7-13-17)18-14-8-3-9-15-18;1-2-5-3-4-1/h1-15H;1-3H2. The molecule has 0 spiro atoms. The molecule has 0 aromatic heterocycles. The maximum absolute atomic E-state index is 4.72. The van der Waals surface area contributed by atoms with Crippen molar-refractivity contribution in [3.05, 3.63) is 91.0 Å². The summed E-state index contributed by atoms with van der Waals surface area (Å²) in [6, 6.07) is 31.3. The third-order valence-electron chi connectivity index (χ3n) is 3.58. The molecule has 0 N–H and O–H groups in total. The summed E-state index contributed by atoms with van der Waals surface area (Å²) in [5.74, 6) is 0. The molecule has 0 radical (unpaired) electrons. The maximum atomic E-state index is 4.72. The Labute approximate surface area is 143 Å². The van der Waals surface area contributed by atoms with Crippen LogP contribution in [0.1, 0.15) is 0 Å². The largest absolute Gasteiger partial charge is 0.353 e. The van der Waals surface area contributed by atoms with Crippen molar-refractivity contribution in [3.8, 4) is 0 Å². The monoisotopic (exact) mass is 319 g/mol. The van der Waals surface area contributed by atoms with Crippen molar-refractivity contribution in [1.29, 1.82) is 0 Å². The van der Waals surface area contributed by atoms with Gasteiger partial charge in [-0.25, -0.2) is 0 Å². The van der Waals surface area contributed by atoms with E-state index in [1.807, 2.05) is 18.2 Å². The third kappa shape index (κ3) is 4.44. The van der Waals surface area contributed by atoms with Gasteiger partial charge in [-0.2, -0.15) is 0 Å². The first kappa shape index (κ1) is 16.2. The first-order valence-electron chi connectivity index (χ1n) is 8.06. The highest BCUT2D eigenvalue weighted by Crippen LogP contribution is 2.33. The van der Waals surface area contributed by atoms with E-state index in [-0.39, 0.29) is 0 Å². The lowest BCUT2D eigenvalue weighted by atomic mass is 10.2. The minimum atomic E-state index is 0.500. The highest BCUT2D eigenvalue weighted by atomic mass is 16.7. The van der Waals surface area contributed by atoms with E-state index < -0.39 is 0 Å². The number of benzene rings is 3. The molecule has 4 rings (SSSR count). The number of anilines is 3. The first-order chi connectivity index (χ1) is 11.9. The first-order valence-corrected chi connectivity index (χ1v) is 8.06. The van der Waals surface area contributed by atoms with E-state index in [9.17, 15) is 0 Å². The van der Waals surface area contributed by atoms with Crippen molar-refractivity contribution >= 4 is 17.1 Å². The highest BCUT2D eigenvalue weighted by Gasteiger charge is 2.10. The Balaban J connectivity index is 0.000000290. The van der Waals surface area contributed by atoms with Crippen molar-refractivity contribution in [2.45, 2.75) is 0 Å². The second kappa shape index (κ2) is 8.87. The number of ether oxygens (including phenoxy) is 2. The van der Waals surface area contributed by atoms with Crippen LogP contribution in [0.2, 0.25) is 0 Å². The Hall–Kier alpha value is -2.62. The molecule has 1 heterocycles. The fraction of sp³-hybridized carbons (Fsp3) is 0.143. The van der Waals surface area contributed by atoms with Crippen LogP contribution in [0.3, 0.4) is 0 Å². The quantitative estimate of drug-likeness (QED) is 0.666. The Morgan fingerprint density at radius 3 is 1.08 bits per heavy atom. The molecule has 3 nitrogen and oxygen atoms in total. The van der Waals surface area contributed by atoms with Gasteiger partial charge in [0, 0.05) is 17.1 Å². The van der Waals surface area contributed by atoms with E-state index in [2.05, 4.69) is 77.7 Å². The number of nitrogens with zero attached hydrogens (tertiary/aromatic N) is 1. The van der Waals surface area contributed by atoms with Crippen LogP contribution in [0.15, 0.2) is 91.0 Å². The summed E-state index contributed by atoms with van der Waals surface area (Å²) in [6.07, 6.45) is 0. The molecule has 0 bridgehead atoms. The Kier molecular flexibility index (Phi) is 6.00. The van der Waals surface area contributed by atoms with Gasteiger partial charge < -0.3 is 14.4 Å². The maximum Gasteiger partial charge on any atom is 0.146 e. The van der Waals surface area contributed by atoms with Crippen molar-refractivity contribution in [3.63, 3.8) is 0 Å². The van der Waals surface area contributed by atoms with E-state index in [1.165, 1.54) is 17.1 Å². The minimum absolute atomic E-state index is 0.500. The molecule has 3 aromatic rings. The molecule has 0 amide bonds. The lowest BCUT2D eigenvalue weighted by Gasteiger charge is -2.25. The second-order valence-electron chi connectivity index (χ2n) is 5.28. The zero-order valence-corrected chi connectivity index (χ0v) is 13.5. The van der Waals surface area contributed by atoms with Crippen LogP contribution in [0.25, 0.3) is 0 Å². The molecule has 1 aliphatic heterocycles. The number of para-hydroxylation sites is 3. The fourth-order valence-electron chi connectivity index (χ4n) is 2.47. The van der Waals surface area contributed by atoms with Gasteiger partial charge in [-0.3, -0.25) is 0 Å². The van der Waals surface area contributed by atoms with E-state index in [1.54, 1.807) is 0 Å². The fourth-order valence-corrected chi connectivity index (χ4v) is 2.47. The van der Waals surface area contributed by atoms with Crippen molar-refractivity contribution in [1.82, 2.24) is 0 Å². The van der Waals surface area contributed by atoms with E-state index >= 15 is 0 Å². The molecule has 1 fully saturated rings. The summed E-state index contributed by atoms with van der Waals surface area (Å²) in [5, 5.41) is 0. The molecular weight excluding hydrogens is 298 g/mol. The molecule has 0 aliphatic carbocycles. The molecule has 0 unspecified atom stereocenters. The Bertz CT molecular complexity index is 596. The van der Waals surface area contributed by atoms with Crippen LogP contribution in [-0.2, 0) is 9.47 Å². The van der Waals surface area contributed by atoms with Crippen LogP contribution < -0.4 is 4.90 Å². The van der Waals surface area contributed by atoms with E-state index in [0.29, 0.717) is 6.79 Å². The Morgan fingerprint density at radius 1 is 0.500 bits per heavy atom. The van der Waals surface area contributed by atoms with Crippen LogP contribution in [0.4, 0.5) is 17.1 Å². The summed E-state index contributed by atoms with van der Waals surface area (Å²) in [5.41, 5.74) is 3.50. The van der Waals surface area contributed by atoms with Gasteiger partial charge >= 0.3 is 0 Å². The van der Waals surface area contributed by atoms with Crippen molar-refractivity contribution in [2.75, 3.05) is 24.9 Å². The van der Waals surface area contributed by atoms with Gasteiger partial charge in [0.2, 0.25) is 0 Å². The number of rotatable bonds is 3. The van der Waals surface area contributed by atoms with Gasteiger partial charge in [-0.15, -0.1) is 0 Å². The molecule has 24 heavy (non-hydrogen) atoms. The topological polar surface area (TPSA) is 21.7 Å². The normalized spacial score (nSPS) is 13.0. The smallest absolute Gasteiger partial charge is 0.146 e. The van der Waals surface area contributed by atoms with E-state index in [0.717, 1.165) is 13.2 Å². The molecule has 1 saturated heterocycles. The lowest BCUT2D eigenvalue weighted by molar-refractivity contribution is 0.0692. The summed E-state index contributed by atoms with van der Waals surface area (Å²) < 4.78 is 9.44. The zero-order chi connectivity index (χ0) is 16.5. The van der Waals surface area contributed by atoms with Crippen LogP contribution in [0, 0.1) is 0 Å². The highest BCUT2D eigenvalue weighted by molar-refractivity contribution is 5.76. The van der Waals surface area contributed by atoms with E-state index in [4.69, 9.17) is 9.47 Å². The van der Waals surface area contributed by atoms with Gasteiger partial charge in [0.25, 0.3) is 0 Å². The summed E-state index contributed by atoms with van der Waals surface area (Å²) in [6.45, 7) is 2.06. The minimum Gasteiger partial charge on any atom is -0.353 e. The molecule has 0 saturated carbocycles. The van der Waals surface area contributed by atoms with Crippen molar-refractivity contribution < 1.29 is 9.47 Å². The summed E-state index contributed by atoms with van der Waals surface area (Å²) in [4.78, 5) is 2.25. The molecule has 122 valence electrons. The average molecular weight is 319 g/mol. The predicted molar refractivity (Wildman–Crippen MR) is 97.9 cm³/mol. The summed E-state index contributed by atoms with van der Waals surface area (Å²) >= 11 is 0. The molecular formula is C21H21NO2. The van der Waals surface area contributed by atoms with Gasteiger partial charge in [0.15, 0.2) is 0 Å². The van der Waals surface area contributed by atoms with Crippen molar-refractivity contribution in [2.24, 2.45) is 0 Å².